The van der Waals surface area contributed by atoms with Crippen molar-refractivity contribution in [2.75, 3.05) is 0 Å². The molecule has 0 unspecified atom stereocenters. The van der Waals surface area contributed by atoms with E-state index in [4.69, 9.17) is 0 Å². The summed E-state index contributed by atoms with van der Waals surface area (Å²) in [5.74, 6) is 0. The molecule has 0 aromatic heterocycles. The third kappa shape index (κ3) is 4.51. The van der Waals surface area contributed by atoms with Crippen molar-refractivity contribution >= 4 is 0 Å². The molecule has 0 amide bonds. The Balaban J connectivity index is 2.55. The molecule has 12 heavy (non-hydrogen) atoms. The molecule has 0 saturated heterocycles. The van der Waals surface area contributed by atoms with Crippen LogP contribution in [0, 0.1) is 6.08 Å². The Morgan fingerprint density at radius 3 is 2.42 bits per heavy atom. The molecule has 0 atom stereocenters. The summed E-state index contributed by atoms with van der Waals surface area (Å²) in [7, 11) is 0. The van der Waals surface area contributed by atoms with E-state index in [1.807, 2.05) is 24.3 Å². The zero-order valence-electron chi connectivity index (χ0n) is 7.11. The predicted octanol–water partition coefficient (Wildman–Crippen LogP) is 3.36. The minimum atomic E-state index is 0.887. The molecule has 0 aromatic carbocycles. The molecule has 0 aromatic rings. The van der Waals surface area contributed by atoms with Gasteiger partial charge in [-0.15, -0.1) is 0 Å². The molecule has 1 aliphatic carbocycles. The van der Waals surface area contributed by atoms with Crippen molar-refractivity contribution in [3.8, 4) is 0 Å². The lowest BCUT2D eigenvalue weighted by atomic mass is 10.2. The average molecular weight is 157 g/mol. The Hall–Kier alpha value is -1.30. The van der Waals surface area contributed by atoms with Crippen LogP contribution in [0.3, 0.4) is 0 Å². The number of rotatable bonds is 0. The van der Waals surface area contributed by atoms with Crippen molar-refractivity contribution in [1.29, 1.82) is 0 Å². The standard InChI is InChI=1S/C12H13/c1-2-4-6-8-10-12-11-9-7-5-3-1/h1-5,8,10-12H,6,9H2/b3-1+,4-2-,7-5?,10-8+,12-11-. The van der Waals surface area contributed by atoms with Gasteiger partial charge < -0.3 is 0 Å². The Labute approximate surface area is 74.3 Å². The summed E-state index contributed by atoms with van der Waals surface area (Å²) >= 11 is 0. The molecule has 0 fully saturated rings. The summed E-state index contributed by atoms with van der Waals surface area (Å²) in [4.78, 5) is 0. The summed E-state index contributed by atoms with van der Waals surface area (Å²) in [6.07, 6.45) is 23.5. The van der Waals surface area contributed by atoms with Crippen molar-refractivity contribution in [2.24, 2.45) is 0 Å². The zero-order chi connectivity index (χ0) is 8.49. The minimum Gasteiger partial charge on any atom is -0.0808 e. The number of hydrogen-bond acceptors (Lipinski definition) is 0. The van der Waals surface area contributed by atoms with Gasteiger partial charge in [0.2, 0.25) is 0 Å². The summed E-state index contributed by atoms with van der Waals surface area (Å²) in [5, 5.41) is 0. The fourth-order valence-electron chi connectivity index (χ4n) is 0.863. The van der Waals surface area contributed by atoms with Crippen molar-refractivity contribution in [2.45, 2.75) is 12.8 Å². The zero-order valence-corrected chi connectivity index (χ0v) is 7.11. The van der Waals surface area contributed by atoms with Gasteiger partial charge in [0.05, 0.1) is 0 Å². The van der Waals surface area contributed by atoms with E-state index in [1.165, 1.54) is 0 Å². The van der Waals surface area contributed by atoms with Gasteiger partial charge in [-0.1, -0.05) is 54.7 Å². The molecule has 1 radical (unpaired) electrons. The Bertz CT molecular complexity index is 211. The molecule has 0 nitrogen and oxygen atoms in total. The summed E-state index contributed by atoms with van der Waals surface area (Å²) in [5.41, 5.74) is 0. The topological polar surface area (TPSA) is 0 Å². The molecule has 0 N–H and O–H groups in total. The van der Waals surface area contributed by atoms with Crippen molar-refractivity contribution in [3.05, 3.63) is 60.8 Å². The van der Waals surface area contributed by atoms with Gasteiger partial charge in [0.1, 0.15) is 0 Å². The van der Waals surface area contributed by atoms with E-state index in [9.17, 15) is 0 Å². The number of allylic oxidation sites excluding steroid dienone is 10. The van der Waals surface area contributed by atoms with E-state index in [0.29, 0.717) is 0 Å². The van der Waals surface area contributed by atoms with Crippen molar-refractivity contribution in [3.63, 3.8) is 0 Å². The van der Waals surface area contributed by atoms with Gasteiger partial charge in [0.25, 0.3) is 0 Å². The predicted molar refractivity (Wildman–Crippen MR) is 53.6 cm³/mol. The second-order valence-corrected chi connectivity index (χ2v) is 2.48. The monoisotopic (exact) mass is 157 g/mol. The van der Waals surface area contributed by atoms with Gasteiger partial charge in [-0.3, -0.25) is 0 Å². The maximum absolute atomic E-state index is 3.14. The number of hydrogen-bond donors (Lipinski definition) is 0. The average Bonchev–Trinajstić information content (AvgIpc) is 2.05. The summed E-state index contributed by atoms with van der Waals surface area (Å²) < 4.78 is 0. The highest BCUT2D eigenvalue weighted by Crippen LogP contribution is 1.92. The fraction of sp³-hybridized carbons (Fsp3) is 0.167. The van der Waals surface area contributed by atoms with E-state index in [1.54, 1.807) is 0 Å². The van der Waals surface area contributed by atoms with E-state index in [2.05, 4.69) is 36.5 Å². The molecule has 1 rings (SSSR count). The fourth-order valence-corrected chi connectivity index (χ4v) is 0.863. The molecule has 0 aliphatic heterocycles. The van der Waals surface area contributed by atoms with E-state index in [-0.39, 0.29) is 0 Å². The lowest BCUT2D eigenvalue weighted by Gasteiger charge is -1.82. The van der Waals surface area contributed by atoms with Gasteiger partial charge in [-0.05, 0) is 18.9 Å². The van der Waals surface area contributed by atoms with Crippen LogP contribution in [0.5, 0.6) is 0 Å². The lowest BCUT2D eigenvalue weighted by molar-refractivity contribution is 1.33. The minimum absolute atomic E-state index is 0.887. The third-order valence-corrected chi connectivity index (χ3v) is 1.46. The Kier molecular flexibility index (Phi) is 4.70. The van der Waals surface area contributed by atoms with Crippen molar-refractivity contribution in [1.82, 2.24) is 0 Å². The van der Waals surface area contributed by atoms with Gasteiger partial charge in [0, 0.05) is 0 Å². The molecule has 1 aliphatic rings. The van der Waals surface area contributed by atoms with Crippen LogP contribution < -0.4 is 0 Å². The highest BCUT2D eigenvalue weighted by molar-refractivity contribution is 5.13. The van der Waals surface area contributed by atoms with E-state index in [0.717, 1.165) is 12.8 Å². The first-order valence-corrected chi connectivity index (χ1v) is 4.20. The first-order valence-electron chi connectivity index (χ1n) is 4.20. The van der Waals surface area contributed by atoms with Crippen LogP contribution in [0.25, 0.3) is 0 Å². The summed E-state index contributed by atoms with van der Waals surface area (Å²) in [6.45, 7) is 0. The third-order valence-electron chi connectivity index (χ3n) is 1.46. The van der Waals surface area contributed by atoms with Gasteiger partial charge in [-0.2, -0.15) is 0 Å². The van der Waals surface area contributed by atoms with Crippen LogP contribution in [-0.4, -0.2) is 0 Å². The van der Waals surface area contributed by atoms with Crippen LogP contribution in [0.2, 0.25) is 0 Å². The smallest absolute Gasteiger partial charge is 0.00915 e. The highest BCUT2D eigenvalue weighted by Gasteiger charge is 1.72. The van der Waals surface area contributed by atoms with Crippen LogP contribution in [0.4, 0.5) is 0 Å². The second kappa shape index (κ2) is 6.41. The SMILES string of the molecule is [C]1=C/C=C/C=C\C/C=C/C=C\C\1. The maximum Gasteiger partial charge on any atom is -0.00915 e. The quantitative estimate of drug-likeness (QED) is 0.505. The molecule has 0 spiro atoms. The van der Waals surface area contributed by atoms with Gasteiger partial charge >= 0.3 is 0 Å². The van der Waals surface area contributed by atoms with Crippen LogP contribution in [-0.2, 0) is 0 Å². The summed E-state index contributed by atoms with van der Waals surface area (Å²) in [6, 6.07) is 0. The molecular formula is C12H13. The van der Waals surface area contributed by atoms with Crippen LogP contribution >= 0.6 is 0 Å². The molecule has 61 valence electrons. The van der Waals surface area contributed by atoms with Crippen LogP contribution in [0.15, 0.2) is 54.7 Å². The van der Waals surface area contributed by atoms with Gasteiger partial charge in [-0.25, -0.2) is 0 Å². The second-order valence-electron chi connectivity index (χ2n) is 2.48. The van der Waals surface area contributed by atoms with Crippen LogP contribution in [0.1, 0.15) is 12.8 Å². The van der Waals surface area contributed by atoms with E-state index < -0.39 is 0 Å². The lowest BCUT2D eigenvalue weighted by Crippen LogP contribution is -1.62. The first kappa shape index (κ1) is 8.79. The largest absolute Gasteiger partial charge is 0.0808 e. The van der Waals surface area contributed by atoms with Gasteiger partial charge in [0.15, 0.2) is 0 Å². The molecule has 0 heteroatoms. The maximum atomic E-state index is 3.14. The molecule has 0 bridgehead atoms. The highest BCUT2D eigenvalue weighted by atomic mass is 13.8. The molecular weight excluding hydrogens is 144 g/mol. The molecule has 0 heterocycles. The van der Waals surface area contributed by atoms with Crippen molar-refractivity contribution < 1.29 is 0 Å². The normalized spacial score (nSPS) is 30.7. The first-order chi connectivity index (χ1) is 6.00. The van der Waals surface area contributed by atoms with E-state index >= 15 is 0 Å². The molecule has 0 saturated carbocycles. The Morgan fingerprint density at radius 2 is 1.50 bits per heavy atom. The Morgan fingerprint density at radius 1 is 0.750 bits per heavy atom.